The van der Waals surface area contributed by atoms with E-state index >= 15 is 0 Å². The van der Waals surface area contributed by atoms with Crippen LogP contribution >= 0.6 is 24.0 Å². The lowest BCUT2D eigenvalue weighted by molar-refractivity contribution is -0.122. The molecule has 0 N–H and O–H groups in total. The van der Waals surface area contributed by atoms with E-state index in [1.165, 1.54) is 11.8 Å². The number of hydrogen-bond donors (Lipinski definition) is 0. The van der Waals surface area contributed by atoms with Crippen LogP contribution in [-0.2, 0) is 9.53 Å². The van der Waals surface area contributed by atoms with E-state index in [1.54, 1.807) is 12.0 Å². The van der Waals surface area contributed by atoms with Gasteiger partial charge in [0.05, 0.1) is 36.4 Å². The molecule has 0 bridgehead atoms. The normalized spacial score (nSPS) is 19.5. The van der Waals surface area contributed by atoms with Gasteiger partial charge in [-0.25, -0.2) is 4.98 Å². The zero-order valence-electron chi connectivity index (χ0n) is 16.3. The number of carbonyl (C=O) groups excluding carboxylic acids is 1. The van der Waals surface area contributed by atoms with Crippen molar-refractivity contribution in [2.24, 2.45) is 0 Å². The molecule has 0 aliphatic carbocycles. The Kier molecular flexibility index (Phi) is 6.44. The predicted octanol–water partition coefficient (Wildman–Crippen LogP) is 3.17. The highest BCUT2D eigenvalue weighted by molar-refractivity contribution is 8.26. The number of thioether (sulfide) groups is 1. The summed E-state index contributed by atoms with van der Waals surface area (Å²) >= 11 is 6.79. The Morgan fingerprint density at radius 1 is 1.24 bits per heavy atom. The van der Waals surface area contributed by atoms with Gasteiger partial charge in [-0.1, -0.05) is 30.0 Å². The van der Waals surface area contributed by atoms with E-state index in [0.29, 0.717) is 15.8 Å². The molecule has 1 aromatic carbocycles. The highest BCUT2D eigenvalue weighted by Crippen LogP contribution is 2.32. The minimum Gasteiger partial charge on any atom is -0.497 e. The zero-order valence-corrected chi connectivity index (χ0v) is 17.9. The second kappa shape index (κ2) is 9.21. The summed E-state index contributed by atoms with van der Waals surface area (Å²) in [6, 6.07) is 9.64. The van der Waals surface area contributed by atoms with E-state index in [1.807, 2.05) is 36.4 Å². The number of morpholine rings is 1. The first-order valence-electron chi connectivity index (χ1n) is 9.64. The summed E-state index contributed by atoms with van der Waals surface area (Å²) in [5, 5.41) is 0.997. The second-order valence-corrected chi connectivity index (χ2v) is 8.61. The summed E-state index contributed by atoms with van der Waals surface area (Å²) in [7, 11) is 1.64. The number of methoxy groups -OCH3 is 1. The van der Waals surface area contributed by atoms with E-state index in [2.05, 4.69) is 9.88 Å². The van der Waals surface area contributed by atoms with Crippen LogP contribution in [0.4, 0.5) is 0 Å². The highest BCUT2D eigenvalue weighted by Gasteiger charge is 2.31. The van der Waals surface area contributed by atoms with Crippen molar-refractivity contribution in [3.8, 4) is 5.75 Å². The molecular weight excluding hydrogens is 406 g/mol. The molecule has 0 atom stereocenters. The number of rotatable bonds is 6. The van der Waals surface area contributed by atoms with E-state index in [4.69, 9.17) is 21.7 Å². The van der Waals surface area contributed by atoms with Gasteiger partial charge in [0.1, 0.15) is 10.1 Å². The molecule has 2 saturated heterocycles. The summed E-state index contributed by atoms with van der Waals surface area (Å²) in [6.07, 6.45) is 2.72. The molecule has 2 fully saturated rings. The Hall–Kier alpha value is -2.00. The highest BCUT2D eigenvalue weighted by atomic mass is 32.2. The quantitative estimate of drug-likeness (QED) is 0.516. The first-order chi connectivity index (χ1) is 14.1. The lowest BCUT2D eigenvalue weighted by Crippen LogP contribution is -2.38. The second-order valence-electron chi connectivity index (χ2n) is 6.94. The number of pyridine rings is 1. The molecule has 4 rings (SSSR count). The fourth-order valence-electron chi connectivity index (χ4n) is 3.43. The maximum Gasteiger partial charge on any atom is 0.266 e. The third-order valence-corrected chi connectivity index (χ3v) is 6.41. The van der Waals surface area contributed by atoms with Crippen molar-refractivity contribution in [2.75, 3.05) is 46.5 Å². The van der Waals surface area contributed by atoms with Gasteiger partial charge < -0.3 is 9.47 Å². The van der Waals surface area contributed by atoms with Crippen molar-refractivity contribution in [2.45, 2.75) is 6.42 Å². The summed E-state index contributed by atoms with van der Waals surface area (Å²) in [5.74, 6) is 0.767. The number of thiocarbonyl (C=S) groups is 1. The van der Waals surface area contributed by atoms with Crippen molar-refractivity contribution >= 4 is 51.2 Å². The molecule has 6 nitrogen and oxygen atoms in total. The van der Waals surface area contributed by atoms with Gasteiger partial charge >= 0.3 is 0 Å². The molecule has 1 amide bonds. The van der Waals surface area contributed by atoms with Gasteiger partial charge in [-0.15, -0.1) is 0 Å². The Bertz CT molecular complexity index is 957. The topological polar surface area (TPSA) is 54.9 Å². The Morgan fingerprint density at radius 3 is 2.86 bits per heavy atom. The van der Waals surface area contributed by atoms with Crippen LogP contribution < -0.4 is 4.74 Å². The molecule has 0 radical (unpaired) electrons. The van der Waals surface area contributed by atoms with Crippen LogP contribution in [0.2, 0.25) is 0 Å². The third-order valence-electron chi connectivity index (χ3n) is 5.03. The van der Waals surface area contributed by atoms with Crippen molar-refractivity contribution in [3.05, 3.63) is 40.9 Å². The maximum absolute atomic E-state index is 12.8. The van der Waals surface area contributed by atoms with Crippen molar-refractivity contribution < 1.29 is 14.3 Å². The Balaban J connectivity index is 1.42. The summed E-state index contributed by atoms with van der Waals surface area (Å²) in [5.41, 5.74) is 1.61. The summed E-state index contributed by atoms with van der Waals surface area (Å²) in [4.78, 5) is 22.2. The largest absolute Gasteiger partial charge is 0.497 e. The molecule has 152 valence electrons. The number of carbonyl (C=O) groups is 1. The van der Waals surface area contributed by atoms with Gasteiger partial charge in [0.15, 0.2) is 0 Å². The number of benzene rings is 1. The van der Waals surface area contributed by atoms with Crippen LogP contribution in [0.15, 0.2) is 35.2 Å². The fraction of sp³-hybridized carbons (Fsp3) is 0.381. The van der Waals surface area contributed by atoms with Crippen LogP contribution in [0.25, 0.3) is 17.0 Å². The molecule has 2 aliphatic heterocycles. The number of nitrogens with zero attached hydrogens (tertiary/aromatic N) is 3. The molecule has 29 heavy (non-hydrogen) atoms. The average molecular weight is 430 g/mol. The van der Waals surface area contributed by atoms with Crippen LogP contribution in [0.5, 0.6) is 5.75 Å². The molecule has 0 saturated carbocycles. The monoisotopic (exact) mass is 429 g/mol. The van der Waals surface area contributed by atoms with Gasteiger partial charge in [0.25, 0.3) is 5.91 Å². The molecule has 0 unspecified atom stereocenters. The number of aromatic nitrogens is 1. The number of hydrogen-bond acceptors (Lipinski definition) is 7. The lowest BCUT2D eigenvalue weighted by atomic mass is 10.2. The predicted molar refractivity (Wildman–Crippen MR) is 120 cm³/mol. The van der Waals surface area contributed by atoms with Crippen molar-refractivity contribution in [1.29, 1.82) is 0 Å². The Labute approximate surface area is 179 Å². The van der Waals surface area contributed by atoms with Crippen LogP contribution in [0.1, 0.15) is 12.1 Å². The fourth-order valence-corrected chi connectivity index (χ4v) is 4.72. The third kappa shape index (κ3) is 4.78. The van der Waals surface area contributed by atoms with Gasteiger partial charge in [-0.2, -0.15) is 0 Å². The molecule has 8 heteroatoms. The smallest absolute Gasteiger partial charge is 0.266 e. The number of fused-ring (bicyclic) bond motifs is 1. The molecule has 1 aromatic heterocycles. The van der Waals surface area contributed by atoms with E-state index in [0.717, 1.165) is 61.6 Å². The zero-order chi connectivity index (χ0) is 20.2. The van der Waals surface area contributed by atoms with E-state index < -0.39 is 0 Å². The van der Waals surface area contributed by atoms with Gasteiger partial charge in [0.2, 0.25) is 0 Å². The van der Waals surface area contributed by atoms with Crippen LogP contribution in [0, 0.1) is 0 Å². The van der Waals surface area contributed by atoms with Gasteiger partial charge in [0, 0.05) is 31.6 Å². The summed E-state index contributed by atoms with van der Waals surface area (Å²) < 4.78 is 11.2. The van der Waals surface area contributed by atoms with Crippen LogP contribution in [0.3, 0.4) is 0 Å². The maximum atomic E-state index is 12.8. The minimum atomic E-state index is -0.0291. The molecule has 2 aromatic rings. The Morgan fingerprint density at radius 2 is 2.07 bits per heavy atom. The summed E-state index contributed by atoms with van der Waals surface area (Å²) in [6.45, 7) is 5.08. The number of ether oxygens (including phenoxy) is 2. The van der Waals surface area contributed by atoms with Crippen LogP contribution in [-0.4, -0.2) is 71.5 Å². The number of amides is 1. The van der Waals surface area contributed by atoms with Gasteiger partial charge in [-0.05, 0) is 36.8 Å². The van der Waals surface area contributed by atoms with Crippen molar-refractivity contribution in [3.63, 3.8) is 0 Å². The first kappa shape index (κ1) is 20.3. The van der Waals surface area contributed by atoms with E-state index in [-0.39, 0.29) is 5.91 Å². The first-order valence-corrected chi connectivity index (χ1v) is 10.9. The van der Waals surface area contributed by atoms with E-state index in [9.17, 15) is 4.79 Å². The average Bonchev–Trinajstić information content (AvgIpc) is 3.01. The minimum absolute atomic E-state index is 0.0291. The standard InChI is InChI=1S/C21H23N3O3S2/c1-26-17-5-6-18-15(13-17)3-4-16(22-18)14-19-20(25)24(21(28)29-19)8-2-7-23-9-11-27-12-10-23/h3-6,13-14H,2,7-12H2,1H3/b19-14+. The molecule has 3 heterocycles. The SMILES string of the molecule is COc1ccc2nc(/C=C3/SC(=S)N(CCCN4CCOCC4)C3=O)ccc2c1. The molecule has 0 spiro atoms. The van der Waals surface area contributed by atoms with Crippen molar-refractivity contribution in [1.82, 2.24) is 14.8 Å². The lowest BCUT2D eigenvalue weighted by Gasteiger charge is -2.27. The molecular formula is C21H23N3O3S2. The van der Waals surface area contributed by atoms with Gasteiger partial charge in [-0.3, -0.25) is 14.6 Å². The molecule has 2 aliphatic rings.